The molecule has 102 valence electrons. The Morgan fingerprint density at radius 2 is 2.21 bits per heavy atom. The van der Waals surface area contributed by atoms with Crippen LogP contribution in [0.15, 0.2) is 30.3 Å². The van der Waals surface area contributed by atoms with Gasteiger partial charge in [-0.1, -0.05) is 30.3 Å². The maximum absolute atomic E-state index is 10.8. The number of likely N-dealkylation sites (tertiary alicyclic amines) is 1. The SMILES string of the molecule is O=C(O)CC[C@@]12C[C@@H](CN1)N(Cc1ccccc1)C2. The number of nitrogens with one attached hydrogen (secondary N) is 1. The van der Waals surface area contributed by atoms with Crippen molar-refractivity contribution < 1.29 is 9.90 Å². The van der Waals surface area contributed by atoms with Crippen molar-refractivity contribution >= 4 is 5.97 Å². The van der Waals surface area contributed by atoms with Crippen LogP contribution in [0.4, 0.5) is 0 Å². The molecule has 0 aliphatic carbocycles. The first-order chi connectivity index (χ1) is 9.17. The molecule has 3 rings (SSSR count). The van der Waals surface area contributed by atoms with Crippen LogP contribution in [-0.2, 0) is 11.3 Å². The lowest BCUT2D eigenvalue weighted by molar-refractivity contribution is -0.137. The summed E-state index contributed by atoms with van der Waals surface area (Å²) >= 11 is 0. The predicted octanol–water partition coefficient (Wildman–Crippen LogP) is 1.47. The summed E-state index contributed by atoms with van der Waals surface area (Å²) in [6, 6.07) is 11.1. The number of benzene rings is 1. The third kappa shape index (κ3) is 2.65. The van der Waals surface area contributed by atoms with Gasteiger partial charge < -0.3 is 10.4 Å². The summed E-state index contributed by atoms with van der Waals surface area (Å²) in [5.74, 6) is -0.693. The summed E-state index contributed by atoms with van der Waals surface area (Å²) in [5.41, 5.74) is 1.38. The van der Waals surface area contributed by atoms with E-state index in [4.69, 9.17) is 5.11 Å². The van der Waals surface area contributed by atoms with Crippen molar-refractivity contribution in [1.29, 1.82) is 0 Å². The van der Waals surface area contributed by atoms with E-state index in [0.29, 0.717) is 6.04 Å². The molecule has 4 heteroatoms. The Balaban J connectivity index is 1.63. The highest BCUT2D eigenvalue weighted by Gasteiger charge is 2.48. The van der Waals surface area contributed by atoms with Gasteiger partial charge in [0, 0.05) is 37.6 Å². The number of nitrogens with zero attached hydrogens (tertiary/aromatic N) is 1. The predicted molar refractivity (Wildman–Crippen MR) is 72.9 cm³/mol. The third-order valence-corrected chi connectivity index (χ3v) is 4.41. The average molecular weight is 260 g/mol. The van der Waals surface area contributed by atoms with Crippen molar-refractivity contribution in [2.24, 2.45) is 0 Å². The molecule has 2 N–H and O–H groups in total. The first-order valence-corrected chi connectivity index (χ1v) is 6.92. The van der Waals surface area contributed by atoms with Gasteiger partial charge >= 0.3 is 5.97 Å². The van der Waals surface area contributed by atoms with Gasteiger partial charge in [0.05, 0.1) is 0 Å². The van der Waals surface area contributed by atoms with E-state index in [1.54, 1.807) is 0 Å². The van der Waals surface area contributed by atoms with Gasteiger partial charge in [0.1, 0.15) is 0 Å². The number of fused-ring (bicyclic) bond motifs is 2. The maximum Gasteiger partial charge on any atom is 0.303 e. The van der Waals surface area contributed by atoms with E-state index >= 15 is 0 Å². The largest absolute Gasteiger partial charge is 0.481 e. The highest BCUT2D eigenvalue weighted by atomic mass is 16.4. The molecule has 19 heavy (non-hydrogen) atoms. The van der Waals surface area contributed by atoms with Crippen LogP contribution in [0.1, 0.15) is 24.8 Å². The van der Waals surface area contributed by atoms with E-state index in [2.05, 4.69) is 34.5 Å². The van der Waals surface area contributed by atoms with Crippen molar-refractivity contribution in [3.63, 3.8) is 0 Å². The van der Waals surface area contributed by atoms with Crippen LogP contribution in [-0.4, -0.2) is 40.6 Å². The molecule has 2 saturated heterocycles. The molecule has 2 aliphatic heterocycles. The van der Waals surface area contributed by atoms with Crippen LogP contribution in [0.5, 0.6) is 0 Å². The van der Waals surface area contributed by atoms with Crippen LogP contribution < -0.4 is 5.32 Å². The van der Waals surface area contributed by atoms with Gasteiger partial charge in [-0.25, -0.2) is 0 Å². The van der Waals surface area contributed by atoms with Crippen molar-refractivity contribution in [2.75, 3.05) is 13.1 Å². The number of carboxylic acids is 1. The second-order valence-electron chi connectivity index (χ2n) is 5.80. The summed E-state index contributed by atoms with van der Waals surface area (Å²) < 4.78 is 0. The molecule has 1 aromatic carbocycles. The summed E-state index contributed by atoms with van der Waals surface area (Å²) in [6.07, 6.45) is 2.09. The second-order valence-corrected chi connectivity index (χ2v) is 5.80. The zero-order valence-corrected chi connectivity index (χ0v) is 11.0. The molecule has 1 aromatic rings. The standard InChI is InChI=1S/C15H20N2O2/c18-14(19)6-7-15-8-13(9-16-15)17(11-15)10-12-4-2-1-3-5-12/h1-5,13,16H,6-11H2,(H,18,19)/t13-,15-/m0/s1. The van der Waals surface area contributed by atoms with E-state index < -0.39 is 5.97 Å². The zero-order valence-electron chi connectivity index (χ0n) is 11.0. The smallest absolute Gasteiger partial charge is 0.303 e. The Kier molecular flexibility index (Phi) is 3.29. The molecule has 0 aromatic heterocycles. The molecule has 0 amide bonds. The molecule has 0 saturated carbocycles. The fraction of sp³-hybridized carbons (Fsp3) is 0.533. The molecule has 2 bridgehead atoms. The first-order valence-electron chi connectivity index (χ1n) is 6.92. The number of hydrogen-bond donors (Lipinski definition) is 2. The Labute approximate surface area is 113 Å². The molecule has 2 aliphatic rings. The van der Waals surface area contributed by atoms with E-state index in [9.17, 15) is 4.79 Å². The van der Waals surface area contributed by atoms with Crippen molar-refractivity contribution in [3.05, 3.63) is 35.9 Å². The quantitative estimate of drug-likeness (QED) is 0.842. The summed E-state index contributed by atoms with van der Waals surface area (Å²) in [4.78, 5) is 13.3. The maximum atomic E-state index is 10.8. The molecule has 0 spiro atoms. The van der Waals surface area contributed by atoms with Crippen LogP contribution in [0, 0.1) is 0 Å². The Bertz CT molecular complexity index is 462. The zero-order chi connectivity index (χ0) is 13.3. The summed E-state index contributed by atoms with van der Waals surface area (Å²) in [7, 11) is 0. The summed E-state index contributed by atoms with van der Waals surface area (Å²) in [5, 5.41) is 12.4. The molecular formula is C15H20N2O2. The Morgan fingerprint density at radius 3 is 2.95 bits per heavy atom. The van der Waals surface area contributed by atoms with Gasteiger partial charge in [-0.15, -0.1) is 0 Å². The lowest BCUT2D eigenvalue weighted by atomic mass is 9.94. The van der Waals surface area contributed by atoms with Crippen molar-refractivity contribution in [3.8, 4) is 0 Å². The van der Waals surface area contributed by atoms with E-state index in [1.165, 1.54) is 5.56 Å². The average Bonchev–Trinajstić information content (AvgIpc) is 2.96. The minimum absolute atomic E-state index is 0.0395. The fourth-order valence-electron chi connectivity index (χ4n) is 3.44. The molecule has 4 nitrogen and oxygen atoms in total. The number of carboxylic acid groups (broad SMARTS) is 1. The molecule has 0 unspecified atom stereocenters. The number of rotatable bonds is 5. The van der Waals surface area contributed by atoms with Crippen molar-refractivity contribution in [2.45, 2.75) is 37.4 Å². The van der Waals surface area contributed by atoms with E-state index in [-0.39, 0.29) is 12.0 Å². The first kappa shape index (κ1) is 12.6. The number of piperazine rings is 1. The molecule has 0 radical (unpaired) electrons. The Hall–Kier alpha value is -1.39. The Morgan fingerprint density at radius 1 is 1.42 bits per heavy atom. The highest BCUT2D eigenvalue weighted by molar-refractivity contribution is 5.66. The minimum atomic E-state index is -0.693. The topological polar surface area (TPSA) is 52.6 Å². The van der Waals surface area contributed by atoms with Gasteiger partial charge in [-0.05, 0) is 18.4 Å². The van der Waals surface area contributed by atoms with Crippen LogP contribution in [0.3, 0.4) is 0 Å². The summed E-state index contributed by atoms with van der Waals surface area (Å²) in [6.45, 7) is 2.94. The van der Waals surface area contributed by atoms with Gasteiger partial charge in [0.15, 0.2) is 0 Å². The lowest BCUT2D eigenvalue weighted by Gasteiger charge is -2.33. The minimum Gasteiger partial charge on any atom is -0.481 e. The normalized spacial score (nSPS) is 29.8. The van der Waals surface area contributed by atoms with Gasteiger partial charge in [-0.2, -0.15) is 0 Å². The fourth-order valence-corrected chi connectivity index (χ4v) is 3.44. The lowest BCUT2D eigenvalue weighted by Crippen LogP contribution is -2.51. The van der Waals surface area contributed by atoms with Gasteiger partial charge in [0.25, 0.3) is 0 Å². The van der Waals surface area contributed by atoms with Crippen LogP contribution >= 0.6 is 0 Å². The van der Waals surface area contributed by atoms with Crippen LogP contribution in [0.25, 0.3) is 0 Å². The van der Waals surface area contributed by atoms with E-state index in [0.717, 1.165) is 32.5 Å². The molecular weight excluding hydrogens is 240 g/mol. The van der Waals surface area contributed by atoms with E-state index in [1.807, 2.05) is 6.07 Å². The van der Waals surface area contributed by atoms with Crippen LogP contribution in [0.2, 0.25) is 0 Å². The highest BCUT2D eigenvalue weighted by Crippen LogP contribution is 2.36. The molecule has 2 heterocycles. The number of carbonyl (C=O) groups is 1. The van der Waals surface area contributed by atoms with Gasteiger partial charge in [-0.3, -0.25) is 9.69 Å². The number of hydrogen-bond acceptors (Lipinski definition) is 3. The molecule has 2 atom stereocenters. The number of aliphatic carboxylic acids is 1. The molecule has 2 fully saturated rings. The van der Waals surface area contributed by atoms with Gasteiger partial charge in [0.2, 0.25) is 0 Å². The third-order valence-electron chi connectivity index (χ3n) is 4.41. The van der Waals surface area contributed by atoms with Crippen molar-refractivity contribution in [1.82, 2.24) is 10.2 Å². The monoisotopic (exact) mass is 260 g/mol. The second kappa shape index (κ2) is 4.94.